The molecule has 0 spiro atoms. The number of aryl methyl sites for hydroxylation is 1. The van der Waals surface area contributed by atoms with E-state index in [0.717, 1.165) is 21.0 Å². The van der Waals surface area contributed by atoms with Crippen LogP contribution in [0, 0.1) is 6.92 Å². The summed E-state index contributed by atoms with van der Waals surface area (Å²) in [6, 6.07) is 8.17. The molecule has 3 aromatic heterocycles. The van der Waals surface area contributed by atoms with Crippen molar-refractivity contribution < 1.29 is 0 Å². The molecule has 0 saturated heterocycles. The van der Waals surface area contributed by atoms with Gasteiger partial charge in [-0.2, -0.15) is 0 Å². The molecule has 26 heavy (non-hydrogen) atoms. The molecular formula is C20H18N4S2. The van der Waals surface area contributed by atoms with Crippen molar-refractivity contribution >= 4 is 40.0 Å². The minimum Gasteiger partial charge on any atom is -0.385 e. The van der Waals surface area contributed by atoms with E-state index in [2.05, 4.69) is 46.9 Å². The summed E-state index contributed by atoms with van der Waals surface area (Å²) in [5.74, 6) is 1.81. The first-order chi connectivity index (χ1) is 12.7. The summed E-state index contributed by atoms with van der Waals surface area (Å²) in [5, 5.41) is 4.18. The van der Waals surface area contributed by atoms with Crippen LogP contribution < -0.4 is 5.73 Å². The van der Waals surface area contributed by atoms with Gasteiger partial charge in [0.05, 0.1) is 10.6 Å². The van der Waals surface area contributed by atoms with Crippen LogP contribution in [0.3, 0.4) is 0 Å². The van der Waals surface area contributed by atoms with Crippen molar-refractivity contribution in [2.45, 2.75) is 31.7 Å². The van der Waals surface area contributed by atoms with Crippen LogP contribution in [0.1, 0.15) is 51.2 Å². The highest BCUT2D eigenvalue weighted by Gasteiger charge is 2.33. The lowest BCUT2D eigenvalue weighted by Gasteiger charge is -2.13. The highest BCUT2D eigenvalue weighted by atomic mass is 32.1. The molecule has 2 N–H and O–H groups in total. The van der Waals surface area contributed by atoms with Gasteiger partial charge in [0, 0.05) is 16.6 Å². The van der Waals surface area contributed by atoms with Crippen LogP contribution in [0.25, 0.3) is 0 Å². The van der Waals surface area contributed by atoms with Crippen LogP contribution in [-0.2, 0) is 0 Å². The summed E-state index contributed by atoms with van der Waals surface area (Å²) in [5.41, 5.74) is 11.0. The van der Waals surface area contributed by atoms with Crippen LogP contribution >= 0.6 is 22.7 Å². The number of thiophene rings is 2. The highest BCUT2D eigenvalue weighted by Crippen LogP contribution is 2.45. The number of nitrogens with zero attached hydrogens (tertiary/aromatic N) is 3. The minimum atomic E-state index is -0.256. The lowest BCUT2D eigenvalue weighted by molar-refractivity contribution is 0.967. The van der Waals surface area contributed by atoms with Gasteiger partial charge in [-0.1, -0.05) is 6.07 Å². The zero-order valence-corrected chi connectivity index (χ0v) is 16.0. The van der Waals surface area contributed by atoms with Gasteiger partial charge in [0.1, 0.15) is 11.9 Å². The van der Waals surface area contributed by atoms with E-state index in [4.69, 9.17) is 15.7 Å². The van der Waals surface area contributed by atoms with E-state index >= 15 is 0 Å². The maximum atomic E-state index is 6.42. The van der Waals surface area contributed by atoms with Crippen molar-refractivity contribution in [1.82, 2.24) is 4.98 Å². The Kier molecular flexibility index (Phi) is 3.76. The number of hydrogen-bond donors (Lipinski definition) is 1. The van der Waals surface area contributed by atoms with Gasteiger partial charge >= 0.3 is 0 Å². The summed E-state index contributed by atoms with van der Waals surface area (Å²) >= 11 is 3.39. The highest BCUT2D eigenvalue weighted by molar-refractivity contribution is 7.12. The molecule has 3 aromatic rings. The van der Waals surface area contributed by atoms with Gasteiger partial charge < -0.3 is 5.73 Å². The van der Waals surface area contributed by atoms with Crippen molar-refractivity contribution in [3.8, 4) is 0 Å². The number of aliphatic imine (C=N–C) groups is 2. The second kappa shape index (κ2) is 6.14. The molecule has 2 aliphatic rings. The molecule has 0 bridgehead atoms. The Balaban J connectivity index is 1.78. The smallest absolute Gasteiger partial charge is 0.163 e. The minimum absolute atomic E-state index is 0.256. The van der Waals surface area contributed by atoms with Gasteiger partial charge in [-0.15, -0.1) is 22.7 Å². The number of pyridine rings is 1. The number of aromatic nitrogens is 1. The van der Waals surface area contributed by atoms with Gasteiger partial charge in [-0.25, -0.2) is 9.98 Å². The van der Waals surface area contributed by atoms with Gasteiger partial charge in [0.15, 0.2) is 5.82 Å². The topological polar surface area (TPSA) is 63.6 Å². The van der Waals surface area contributed by atoms with Crippen LogP contribution in [0.5, 0.6) is 0 Å². The third kappa shape index (κ3) is 2.61. The maximum absolute atomic E-state index is 6.42. The number of rotatable bonds is 3. The largest absolute Gasteiger partial charge is 0.385 e. The van der Waals surface area contributed by atoms with E-state index in [1.165, 1.54) is 24.0 Å². The molecule has 0 radical (unpaired) electrons. The molecule has 1 aliphatic heterocycles. The molecule has 4 nitrogen and oxygen atoms in total. The summed E-state index contributed by atoms with van der Waals surface area (Å²) < 4.78 is 0. The SMILES string of the molecule is Cc1ccsc1C1N=C(c2cccs2)c2c(C3CC3)ccnc2N=C1N. The quantitative estimate of drug-likeness (QED) is 0.699. The monoisotopic (exact) mass is 378 g/mol. The molecule has 4 heterocycles. The Hall–Kier alpha value is -2.31. The Morgan fingerprint density at radius 1 is 1.12 bits per heavy atom. The Labute approximate surface area is 160 Å². The van der Waals surface area contributed by atoms with Crippen molar-refractivity contribution in [3.05, 3.63) is 67.7 Å². The Bertz CT molecular complexity index is 1030. The fraction of sp³-hybridized carbons (Fsp3) is 0.250. The molecule has 6 heteroatoms. The third-order valence-electron chi connectivity index (χ3n) is 4.90. The molecule has 1 fully saturated rings. The first kappa shape index (κ1) is 15.9. The zero-order valence-electron chi connectivity index (χ0n) is 14.3. The first-order valence-electron chi connectivity index (χ1n) is 8.71. The molecule has 1 unspecified atom stereocenters. The van der Waals surface area contributed by atoms with Gasteiger partial charge in [-0.3, -0.25) is 4.99 Å². The molecule has 1 saturated carbocycles. The van der Waals surface area contributed by atoms with E-state index in [-0.39, 0.29) is 6.04 Å². The van der Waals surface area contributed by atoms with Gasteiger partial charge in [0.2, 0.25) is 0 Å². The van der Waals surface area contributed by atoms with Crippen molar-refractivity contribution in [2.75, 3.05) is 0 Å². The molecule has 5 rings (SSSR count). The standard InChI is InChI=1S/C20H18N4S2/c1-11-7-10-26-18(11)17-19(21)24-20-15(13(6-8-22-20)12-4-5-12)16(23-17)14-3-2-9-25-14/h2-3,6-10,12,17H,4-5H2,1H3,(H2,21,22,24). The fourth-order valence-corrected chi connectivity index (χ4v) is 5.13. The average Bonchev–Trinajstić information content (AvgIpc) is 3.22. The van der Waals surface area contributed by atoms with Crippen LogP contribution in [0.4, 0.5) is 5.82 Å². The van der Waals surface area contributed by atoms with E-state index in [9.17, 15) is 0 Å². The van der Waals surface area contributed by atoms with Crippen molar-refractivity contribution in [2.24, 2.45) is 15.7 Å². The number of amidine groups is 1. The Morgan fingerprint density at radius 3 is 2.69 bits per heavy atom. The predicted molar refractivity (Wildman–Crippen MR) is 109 cm³/mol. The lowest BCUT2D eigenvalue weighted by atomic mass is 9.99. The van der Waals surface area contributed by atoms with E-state index < -0.39 is 0 Å². The van der Waals surface area contributed by atoms with Crippen LogP contribution in [0.2, 0.25) is 0 Å². The van der Waals surface area contributed by atoms with Crippen LogP contribution in [0.15, 0.2) is 51.2 Å². The second-order valence-electron chi connectivity index (χ2n) is 6.74. The van der Waals surface area contributed by atoms with Crippen molar-refractivity contribution in [1.29, 1.82) is 0 Å². The van der Waals surface area contributed by atoms with Crippen LogP contribution in [-0.4, -0.2) is 16.5 Å². The number of nitrogens with two attached hydrogens (primary N) is 1. The number of fused-ring (bicyclic) bond motifs is 1. The fourth-order valence-electron chi connectivity index (χ4n) is 3.43. The second-order valence-corrected chi connectivity index (χ2v) is 8.63. The summed E-state index contributed by atoms with van der Waals surface area (Å²) in [6.45, 7) is 2.10. The average molecular weight is 379 g/mol. The predicted octanol–water partition coefficient (Wildman–Crippen LogP) is 4.97. The molecule has 0 amide bonds. The van der Waals surface area contributed by atoms with E-state index in [1.807, 2.05) is 6.20 Å². The van der Waals surface area contributed by atoms with E-state index in [0.29, 0.717) is 17.6 Å². The first-order valence-corrected chi connectivity index (χ1v) is 10.5. The normalized spacial score (nSPS) is 19.5. The molecule has 1 aliphatic carbocycles. The molecule has 130 valence electrons. The molecule has 0 aromatic carbocycles. The molecule has 1 atom stereocenters. The number of hydrogen-bond acceptors (Lipinski definition) is 6. The Morgan fingerprint density at radius 2 is 2.00 bits per heavy atom. The lowest BCUT2D eigenvalue weighted by Crippen LogP contribution is -2.20. The maximum Gasteiger partial charge on any atom is 0.163 e. The van der Waals surface area contributed by atoms with Crippen molar-refractivity contribution in [3.63, 3.8) is 0 Å². The molecular weight excluding hydrogens is 360 g/mol. The summed E-state index contributed by atoms with van der Waals surface area (Å²) in [6.07, 6.45) is 4.30. The summed E-state index contributed by atoms with van der Waals surface area (Å²) in [4.78, 5) is 16.7. The third-order valence-corrected chi connectivity index (χ3v) is 6.84. The zero-order chi connectivity index (χ0) is 17.7. The summed E-state index contributed by atoms with van der Waals surface area (Å²) in [7, 11) is 0. The van der Waals surface area contributed by atoms with E-state index in [1.54, 1.807) is 22.7 Å². The van der Waals surface area contributed by atoms with Gasteiger partial charge in [-0.05, 0) is 65.8 Å². The van der Waals surface area contributed by atoms with Gasteiger partial charge in [0.25, 0.3) is 0 Å².